The molecule has 4 aliphatic rings. The van der Waals surface area contributed by atoms with Crippen LogP contribution in [0.4, 0.5) is 0 Å². The van der Waals surface area contributed by atoms with E-state index in [0.29, 0.717) is 18.5 Å². The Hall–Kier alpha value is -1.89. The van der Waals surface area contributed by atoms with Gasteiger partial charge in [0.2, 0.25) is 11.8 Å². The van der Waals surface area contributed by atoms with E-state index in [9.17, 15) is 9.59 Å². The highest BCUT2D eigenvalue weighted by molar-refractivity contribution is 6.06. The number of aliphatic imine (C=N–C) groups is 1. The molecule has 3 fully saturated rings. The molecule has 2 N–H and O–H groups in total. The fourth-order valence-electron chi connectivity index (χ4n) is 5.31. The molecule has 7 heteroatoms. The van der Waals surface area contributed by atoms with Crippen LogP contribution in [0.2, 0.25) is 0 Å². The summed E-state index contributed by atoms with van der Waals surface area (Å²) < 4.78 is 5.51. The van der Waals surface area contributed by atoms with Crippen molar-refractivity contribution in [2.75, 3.05) is 39.4 Å². The van der Waals surface area contributed by atoms with E-state index < -0.39 is 0 Å². The third-order valence-electron chi connectivity index (χ3n) is 7.27. The van der Waals surface area contributed by atoms with Crippen molar-refractivity contribution in [2.45, 2.75) is 46.0 Å². The van der Waals surface area contributed by atoms with Crippen molar-refractivity contribution in [2.24, 2.45) is 34.1 Å². The molecule has 4 atom stereocenters. The van der Waals surface area contributed by atoms with Crippen molar-refractivity contribution in [1.29, 1.82) is 0 Å². The molecule has 4 unspecified atom stereocenters. The van der Waals surface area contributed by atoms with Crippen LogP contribution >= 0.6 is 0 Å². The summed E-state index contributed by atoms with van der Waals surface area (Å²) in [6.45, 7) is 8.48. The third-order valence-corrected chi connectivity index (χ3v) is 7.27. The monoisotopic (exact) mass is 416 g/mol. The van der Waals surface area contributed by atoms with Crippen LogP contribution in [0.15, 0.2) is 17.1 Å². The smallest absolute Gasteiger partial charge is 0.233 e. The molecule has 166 valence electrons. The highest BCUT2D eigenvalue weighted by atomic mass is 16.5. The van der Waals surface area contributed by atoms with E-state index in [1.54, 1.807) is 0 Å². The largest absolute Gasteiger partial charge is 0.382 e. The first-order chi connectivity index (χ1) is 14.6. The molecule has 3 aliphatic carbocycles. The van der Waals surface area contributed by atoms with Crippen molar-refractivity contribution in [1.82, 2.24) is 15.5 Å². The fourth-order valence-corrected chi connectivity index (χ4v) is 5.31. The van der Waals surface area contributed by atoms with E-state index in [0.717, 1.165) is 51.5 Å². The van der Waals surface area contributed by atoms with Crippen molar-refractivity contribution < 1.29 is 14.3 Å². The molecule has 1 saturated heterocycles. The van der Waals surface area contributed by atoms with Gasteiger partial charge >= 0.3 is 0 Å². The summed E-state index contributed by atoms with van der Waals surface area (Å²) >= 11 is 0. The summed E-state index contributed by atoms with van der Waals surface area (Å²) in [4.78, 5) is 31.8. The van der Waals surface area contributed by atoms with Crippen LogP contribution in [0.25, 0.3) is 0 Å². The van der Waals surface area contributed by atoms with Crippen LogP contribution in [0.1, 0.15) is 46.0 Å². The predicted molar refractivity (Wildman–Crippen MR) is 116 cm³/mol. The summed E-state index contributed by atoms with van der Waals surface area (Å²) in [5.41, 5.74) is 0.317. The molecule has 0 aromatic heterocycles. The number of carbonyl (C=O) groups is 2. The molecule has 2 saturated carbocycles. The molecule has 7 nitrogen and oxygen atoms in total. The van der Waals surface area contributed by atoms with Gasteiger partial charge in [0.1, 0.15) is 0 Å². The molecule has 1 aliphatic heterocycles. The van der Waals surface area contributed by atoms with E-state index in [1.165, 1.54) is 17.7 Å². The van der Waals surface area contributed by atoms with Crippen molar-refractivity contribution in [3.05, 3.63) is 12.2 Å². The molecule has 0 radical (unpaired) electrons. The first kappa shape index (κ1) is 21.3. The van der Waals surface area contributed by atoms with Gasteiger partial charge < -0.3 is 15.4 Å². The highest BCUT2D eigenvalue weighted by Crippen LogP contribution is 2.52. The summed E-state index contributed by atoms with van der Waals surface area (Å²) in [6, 6.07) is 0. The highest BCUT2D eigenvalue weighted by Gasteiger charge is 2.58. The zero-order chi connectivity index (χ0) is 21.1. The lowest BCUT2D eigenvalue weighted by molar-refractivity contribution is -0.140. The molecule has 1 heterocycles. The molecule has 0 aromatic rings. The van der Waals surface area contributed by atoms with Gasteiger partial charge in [-0.3, -0.25) is 19.5 Å². The molecule has 30 heavy (non-hydrogen) atoms. The van der Waals surface area contributed by atoms with E-state index >= 15 is 0 Å². The number of carbonyl (C=O) groups excluding carboxylic acids is 2. The number of nitrogens with zero attached hydrogens (tertiary/aromatic N) is 2. The summed E-state index contributed by atoms with van der Waals surface area (Å²) in [7, 11) is 0. The summed E-state index contributed by atoms with van der Waals surface area (Å²) in [5, 5.41) is 6.67. The minimum atomic E-state index is -0.0919. The van der Waals surface area contributed by atoms with E-state index in [1.807, 2.05) is 6.92 Å². The Balaban J connectivity index is 1.22. The quantitative estimate of drug-likeness (QED) is 0.177. The second kappa shape index (κ2) is 9.08. The second-order valence-corrected chi connectivity index (χ2v) is 9.25. The first-order valence-corrected chi connectivity index (χ1v) is 11.7. The van der Waals surface area contributed by atoms with Crippen LogP contribution < -0.4 is 10.6 Å². The number of hydrogen-bond donors (Lipinski definition) is 2. The van der Waals surface area contributed by atoms with Crippen molar-refractivity contribution in [3.8, 4) is 0 Å². The third kappa shape index (κ3) is 4.27. The Morgan fingerprint density at radius 1 is 1.17 bits per heavy atom. The predicted octanol–water partition coefficient (Wildman–Crippen LogP) is 1.95. The molecule has 0 aromatic carbocycles. The van der Waals surface area contributed by atoms with Gasteiger partial charge in [0.15, 0.2) is 5.96 Å². The lowest BCUT2D eigenvalue weighted by atomic mass is 9.85. The Morgan fingerprint density at radius 2 is 1.87 bits per heavy atom. The van der Waals surface area contributed by atoms with Gasteiger partial charge in [0, 0.05) is 39.4 Å². The Labute approximate surface area is 179 Å². The van der Waals surface area contributed by atoms with Gasteiger partial charge in [-0.2, -0.15) is 0 Å². The van der Waals surface area contributed by atoms with Crippen molar-refractivity contribution in [3.63, 3.8) is 0 Å². The van der Waals surface area contributed by atoms with E-state index in [4.69, 9.17) is 9.73 Å². The van der Waals surface area contributed by atoms with Crippen LogP contribution in [0.3, 0.4) is 0 Å². The normalized spacial score (nSPS) is 30.9. The maximum Gasteiger partial charge on any atom is 0.233 e. The van der Waals surface area contributed by atoms with Gasteiger partial charge in [-0.05, 0) is 63.2 Å². The lowest BCUT2D eigenvalue weighted by Gasteiger charge is -2.18. The number of imide groups is 1. The van der Waals surface area contributed by atoms with E-state index in [-0.39, 0.29) is 35.5 Å². The summed E-state index contributed by atoms with van der Waals surface area (Å²) in [5.74, 6) is 1.30. The van der Waals surface area contributed by atoms with Crippen molar-refractivity contribution >= 4 is 17.8 Å². The number of fused-ring (bicyclic) bond motifs is 5. The maximum absolute atomic E-state index is 12.8. The zero-order valence-electron chi connectivity index (χ0n) is 18.4. The van der Waals surface area contributed by atoms with Gasteiger partial charge in [0.25, 0.3) is 0 Å². The molecule has 4 rings (SSSR count). The topological polar surface area (TPSA) is 83.0 Å². The number of rotatable bonds is 11. The SMILES string of the molecule is CCNC(=NCC1(CCOCC)CC1)NCCCN1C(=O)C2C3C=CC(C3)C2C1=O. The van der Waals surface area contributed by atoms with E-state index in [2.05, 4.69) is 29.7 Å². The van der Waals surface area contributed by atoms with Gasteiger partial charge in [0.05, 0.1) is 11.8 Å². The zero-order valence-corrected chi connectivity index (χ0v) is 18.4. The van der Waals surface area contributed by atoms with Crippen LogP contribution in [-0.2, 0) is 14.3 Å². The van der Waals surface area contributed by atoms with Gasteiger partial charge in [-0.15, -0.1) is 0 Å². The molecule has 0 spiro atoms. The van der Waals surface area contributed by atoms with Gasteiger partial charge in [-0.1, -0.05) is 12.2 Å². The maximum atomic E-state index is 12.8. The number of amides is 2. The Kier molecular flexibility index (Phi) is 6.46. The number of likely N-dealkylation sites (tertiary alicyclic amines) is 1. The number of hydrogen-bond acceptors (Lipinski definition) is 4. The molecule has 2 amide bonds. The fraction of sp³-hybridized carbons (Fsp3) is 0.783. The van der Waals surface area contributed by atoms with Gasteiger partial charge in [-0.25, -0.2) is 0 Å². The van der Waals surface area contributed by atoms with Crippen LogP contribution in [0, 0.1) is 29.1 Å². The van der Waals surface area contributed by atoms with Crippen LogP contribution in [-0.4, -0.2) is 62.1 Å². The first-order valence-electron chi connectivity index (χ1n) is 11.7. The molecular formula is C23H36N4O3. The average molecular weight is 417 g/mol. The number of nitrogens with one attached hydrogen (secondary N) is 2. The second-order valence-electron chi connectivity index (χ2n) is 9.25. The standard InChI is InChI=1S/C23H36N4O3/c1-3-24-22(26-15-23(8-9-23)10-13-30-4-2)25-11-5-12-27-20(28)18-16-6-7-17(14-16)19(18)21(27)29/h6-7,16-19H,3-5,8-15H2,1-2H3,(H2,24,25,26). The number of allylic oxidation sites excluding steroid dienone is 2. The minimum Gasteiger partial charge on any atom is -0.382 e. The Bertz CT molecular complexity index is 685. The average Bonchev–Trinajstić information content (AvgIpc) is 3.08. The minimum absolute atomic E-state index is 0.0485. The Morgan fingerprint density at radius 3 is 2.47 bits per heavy atom. The molecule has 2 bridgehead atoms. The summed E-state index contributed by atoms with van der Waals surface area (Å²) in [6.07, 6.45) is 9.52. The number of guanidine groups is 1. The lowest BCUT2D eigenvalue weighted by Crippen LogP contribution is -2.40. The number of ether oxygens (including phenoxy) is 1. The van der Waals surface area contributed by atoms with Crippen LogP contribution in [0.5, 0.6) is 0 Å². The molecular weight excluding hydrogens is 380 g/mol.